The zero-order chi connectivity index (χ0) is 22.9. The summed E-state index contributed by atoms with van der Waals surface area (Å²) < 4.78 is 23.4. The van der Waals surface area contributed by atoms with E-state index in [2.05, 4.69) is 5.32 Å². The molecule has 1 aromatic heterocycles. The van der Waals surface area contributed by atoms with E-state index in [1.54, 1.807) is 18.2 Å². The maximum atomic E-state index is 12.5. The quantitative estimate of drug-likeness (QED) is 0.326. The van der Waals surface area contributed by atoms with Crippen LogP contribution < -0.4 is 5.32 Å². The van der Waals surface area contributed by atoms with E-state index in [1.165, 1.54) is 5.38 Å². The number of hydrogen-bond acceptors (Lipinski definition) is 6. The number of benzene rings is 1. The molecular formula is C19H17Cl3N2O5S2. The van der Waals surface area contributed by atoms with Gasteiger partial charge in [0, 0.05) is 39.6 Å². The zero-order valence-corrected chi connectivity index (χ0v) is 20.0. The van der Waals surface area contributed by atoms with Gasteiger partial charge in [0.15, 0.2) is 9.84 Å². The number of halogens is 3. The predicted molar refractivity (Wildman–Crippen MR) is 122 cm³/mol. The summed E-state index contributed by atoms with van der Waals surface area (Å²) in [5.74, 6) is -0.949. The number of carbonyl (C=O) groups is 1. The third-order valence-electron chi connectivity index (χ3n) is 5.01. The third kappa shape index (κ3) is 5.40. The van der Waals surface area contributed by atoms with Crippen LogP contribution in [0.1, 0.15) is 34.0 Å². The van der Waals surface area contributed by atoms with Crippen molar-refractivity contribution in [2.45, 2.75) is 29.7 Å². The molecule has 2 atom stereocenters. The summed E-state index contributed by atoms with van der Waals surface area (Å²) in [6.45, 7) is 0.0900. The molecule has 0 spiro atoms. The first-order valence-electron chi connectivity index (χ1n) is 9.00. The van der Waals surface area contributed by atoms with Crippen molar-refractivity contribution in [2.75, 3.05) is 12.8 Å². The van der Waals surface area contributed by atoms with Gasteiger partial charge in [-0.25, -0.2) is 8.42 Å². The molecule has 0 aliphatic heterocycles. The van der Waals surface area contributed by atoms with Crippen LogP contribution in [0.25, 0.3) is 0 Å². The molecule has 31 heavy (non-hydrogen) atoms. The summed E-state index contributed by atoms with van der Waals surface area (Å²) in [7, 11) is -3.54. The number of hydrogen-bond donors (Lipinski definition) is 1. The summed E-state index contributed by atoms with van der Waals surface area (Å²) in [6.07, 6.45) is 3.39. The van der Waals surface area contributed by atoms with Crippen molar-refractivity contribution in [3.8, 4) is 0 Å². The van der Waals surface area contributed by atoms with Crippen LogP contribution in [0.2, 0.25) is 15.1 Å². The van der Waals surface area contributed by atoms with Gasteiger partial charge in [-0.15, -0.1) is 11.3 Å². The van der Waals surface area contributed by atoms with Crippen molar-refractivity contribution < 1.29 is 18.1 Å². The predicted octanol–water partition coefficient (Wildman–Crippen LogP) is 4.99. The molecule has 1 N–H and O–H groups in total. The number of thiophene rings is 1. The van der Waals surface area contributed by atoms with Crippen molar-refractivity contribution in [2.24, 2.45) is 0 Å². The van der Waals surface area contributed by atoms with E-state index in [9.17, 15) is 23.3 Å². The fraction of sp³-hybridized carbons (Fsp3) is 0.316. The Labute approximate surface area is 198 Å². The second-order valence-electron chi connectivity index (χ2n) is 7.13. The Balaban J connectivity index is 1.73. The summed E-state index contributed by atoms with van der Waals surface area (Å²) in [6, 6.07) is 4.00. The van der Waals surface area contributed by atoms with Crippen molar-refractivity contribution in [1.29, 1.82) is 0 Å². The Kier molecular flexibility index (Phi) is 7.32. The summed E-state index contributed by atoms with van der Waals surface area (Å²) in [5.41, 5.74) is 1.36. The van der Waals surface area contributed by atoms with E-state index in [0.717, 1.165) is 17.6 Å². The normalized spacial score (nSPS) is 19.0. The fourth-order valence-electron chi connectivity index (χ4n) is 3.45. The SMILES string of the molecule is CS(=O)(=O)c1csc(C(=O)NCC2=CC[C@H](c3ccc(Cl)cc3Cl)[C@@H]([N+](=O)[O-])C2)c1Cl. The second kappa shape index (κ2) is 9.46. The minimum atomic E-state index is -3.54. The zero-order valence-electron chi connectivity index (χ0n) is 16.1. The van der Waals surface area contributed by atoms with Gasteiger partial charge in [0.05, 0.1) is 15.8 Å². The minimum Gasteiger partial charge on any atom is -0.348 e. The van der Waals surface area contributed by atoms with E-state index in [1.807, 2.05) is 6.08 Å². The molecule has 3 rings (SSSR count). The summed E-state index contributed by atoms with van der Waals surface area (Å²) in [5, 5.41) is 16.4. The largest absolute Gasteiger partial charge is 0.348 e. The molecule has 2 aromatic rings. The average Bonchev–Trinajstić information content (AvgIpc) is 3.08. The van der Waals surface area contributed by atoms with Crippen LogP contribution in [-0.2, 0) is 9.84 Å². The number of carbonyl (C=O) groups excluding carboxylic acids is 1. The first-order valence-corrected chi connectivity index (χ1v) is 12.9. The van der Waals surface area contributed by atoms with Crippen molar-refractivity contribution in [3.63, 3.8) is 0 Å². The molecule has 0 unspecified atom stereocenters. The Hall–Kier alpha value is -1.65. The number of rotatable bonds is 6. The standard InChI is InChI=1S/C19H17Cl3N2O5S2/c1-31(28,29)16-9-30-18(17(16)22)19(25)23-8-10-2-4-13(15(6-10)24(26)27)12-5-3-11(20)7-14(12)21/h2-3,5,7,9,13,15H,4,6,8H2,1H3,(H,23,25)/t13-,15+/m1/s1. The monoisotopic (exact) mass is 522 g/mol. The maximum absolute atomic E-state index is 12.5. The second-order valence-corrected chi connectivity index (χ2v) is 11.2. The van der Waals surface area contributed by atoms with Crippen molar-refractivity contribution >= 4 is 61.9 Å². The van der Waals surface area contributed by atoms with Crippen molar-refractivity contribution in [3.05, 3.63) is 70.9 Å². The highest BCUT2D eigenvalue weighted by Crippen LogP contribution is 2.38. The van der Waals surface area contributed by atoms with Crippen LogP contribution in [0.3, 0.4) is 0 Å². The van der Waals surface area contributed by atoms with Crippen LogP contribution in [0.5, 0.6) is 0 Å². The van der Waals surface area contributed by atoms with Crippen LogP contribution in [0.4, 0.5) is 0 Å². The lowest BCUT2D eigenvalue weighted by Gasteiger charge is -2.26. The van der Waals surface area contributed by atoms with Gasteiger partial charge in [-0.3, -0.25) is 14.9 Å². The number of nitrogens with zero attached hydrogens (tertiary/aromatic N) is 1. The molecule has 12 heteroatoms. The molecule has 1 aromatic carbocycles. The van der Waals surface area contributed by atoms with Crippen LogP contribution >= 0.6 is 46.1 Å². The first kappa shape index (κ1) is 24.0. The highest BCUT2D eigenvalue weighted by molar-refractivity contribution is 7.91. The Bertz CT molecular complexity index is 1180. The van der Waals surface area contributed by atoms with Gasteiger partial charge in [-0.1, -0.05) is 46.9 Å². The minimum absolute atomic E-state index is 0.0788. The third-order valence-corrected chi connectivity index (χ3v) is 8.44. The molecule has 7 nitrogen and oxygen atoms in total. The lowest BCUT2D eigenvalue weighted by Crippen LogP contribution is -2.34. The average molecular weight is 524 g/mol. The molecule has 1 aliphatic carbocycles. The summed E-state index contributed by atoms with van der Waals surface area (Å²) in [4.78, 5) is 23.8. The van der Waals surface area contributed by atoms with E-state index in [4.69, 9.17) is 34.8 Å². The summed E-state index contributed by atoms with van der Waals surface area (Å²) >= 11 is 19.1. The number of amides is 1. The Morgan fingerprint density at radius 1 is 1.32 bits per heavy atom. The Morgan fingerprint density at radius 2 is 2.03 bits per heavy atom. The van der Waals surface area contributed by atoms with Crippen LogP contribution in [0.15, 0.2) is 40.1 Å². The number of nitrogens with one attached hydrogen (secondary N) is 1. The maximum Gasteiger partial charge on any atom is 0.263 e. The van der Waals surface area contributed by atoms with Crippen LogP contribution in [-0.4, -0.2) is 38.1 Å². The number of nitro groups is 1. The van der Waals surface area contributed by atoms with Crippen molar-refractivity contribution in [1.82, 2.24) is 5.32 Å². The van der Waals surface area contributed by atoms with Gasteiger partial charge in [0.1, 0.15) is 4.88 Å². The molecule has 1 heterocycles. The topological polar surface area (TPSA) is 106 Å². The highest BCUT2D eigenvalue weighted by atomic mass is 35.5. The first-order chi connectivity index (χ1) is 14.5. The van der Waals surface area contributed by atoms with Gasteiger partial charge in [0.25, 0.3) is 5.91 Å². The van der Waals surface area contributed by atoms with E-state index in [-0.39, 0.29) is 32.7 Å². The van der Waals surface area contributed by atoms with E-state index in [0.29, 0.717) is 27.6 Å². The van der Waals surface area contributed by atoms with E-state index < -0.39 is 27.7 Å². The van der Waals surface area contributed by atoms with E-state index >= 15 is 0 Å². The molecule has 0 radical (unpaired) electrons. The molecular weight excluding hydrogens is 507 g/mol. The molecule has 0 saturated heterocycles. The molecule has 0 bridgehead atoms. The molecule has 0 fully saturated rings. The van der Waals surface area contributed by atoms with Crippen LogP contribution in [0, 0.1) is 10.1 Å². The highest BCUT2D eigenvalue weighted by Gasteiger charge is 2.37. The van der Waals surface area contributed by atoms with Gasteiger partial charge in [-0.2, -0.15) is 0 Å². The number of allylic oxidation sites excluding steroid dienone is 1. The van der Waals surface area contributed by atoms with Gasteiger partial charge >= 0.3 is 0 Å². The molecule has 166 valence electrons. The smallest absolute Gasteiger partial charge is 0.263 e. The van der Waals surface area contributed by atoms with Gasteiger partial charge in [-0.05, 0) is 29.7 Å². The van der Waals surface area contributed by atoms with Gasteiger partial charge < -0.3 is 5.32 Å². The molecule has 0 saturated carbocycles. The fourth-order valence-corrected chi connectivity index (χ4v) is 6.83. The Morgan fingerprint density at radius 3 is 2.61 bits per heavy atom. The number of sulfone groups is 1. The molecule has 1 aliphatic rings. The molecule has 1 amide bonds. The van der Waals surface area contributed by atoms with Gasteiger partial charge in [0.2, 0.25) is 6.04 Å². The lowest BCUT2D eigenvalue weighted by atomic mass is 9.80. The lowest BCUT2D eigenvalue weighted by molar-refractivity contribution is -0.527.